The molecule has 0 spiro atoms. The second kappa shape index (κ2) is 19.1. The number of benzene rings is 8. The first-order valence-corrected chi connectivity index (χ1v) is 21.5. The standard InChI is InChI=1S/C57H43N5.C2H4/c58-56(41-17-4-1-5-18-41)61-57(42-19-6-2-7-20-42)59-39-40-16-12-21-43(34-40)46-24-14-26-49(36-46)60-50-27-15-25-47(37-50)44-22-13-23-45(35-44)48-32-33-55-53(38-48)52-30-10-11-31-54(52)62(55)51-28-8-3-9-29-51;1-2/h1-36,38-39,50,58,60H,37H2;1-2H2. The molecular formula is C59H47N5. The van der Waals surface area contributed by atoms with Gasteiger partial charge >= 0.3 is 0 Å². The number of amidine groups is 2. The summed E-state index contributed by atoms with van der Waals surface area (Å²) in [4.78, 5) is 9.44. The van der Waals surface area contributed by atoms with Crippen LogP contribution in [0.2, 0.25) is 0 Å². The van der Waals surface area contributed by atoms with Crippen LogP contribution < -0.4 is 5.32 Å². The molecule has 5 nitrogen and oxygen atoms in total. The van der Waals surface area contributed by atoms with E-state index in [2.05, 4.69) is 186 Å². The molecule has 0 bridgehead atoms. The Morgan fingerprint density at radius 1 is 0.562 bits per heavy atom. The third-order valence-electron chi connectivity index (χ3n) is 11.4. The van der Waals surface area contributed by atoms with Crippen molar-refractivity contribution in [2.24, 2.45) is 9.98 Å². The van der Waals surface area contributed by atoms with E-state index in [0.29, 0.717) is 5.84 Å². The molecule has 9 aromatic rings. The van der Waals surface area contributed by atoms with Crippen molar-refractivity contribution < 1.29 is 0 Å². The van der Waals surface area contributed by atoms with Crippen molar-refractivity contribution in [1.82, 2.24) is 4.57 Å². The Bertz CT molecular complexity index is 3210. The van der Waals surface area contributed by atoms with Crippen LogP contribution >= 0.6 is 0 Å². The van der Waals surface area contributed by atoms with E-state index in [4.69, 9.17) is 10.4 Å². The average Bonchev–Trinajstić information content (AvgIpc) is 3.70. The quantitative estimate of drug-likeness (QED) is 0.0850. The van der Waals surface area contributed by atoms with E-state index >= 15 is 0 Å². The Hall–Kier alpha value is -8.41. The monoisotopic (exact) mass is 825 g/mol. The minimum atomic E-state index is 0.137. The topological polar surface area (TPSA) is 65.5 Å². The molecule has 5 heteroatoms. The molecule has 308 valence electrons. The summed E-state index contributed by atoms with van der Waals surface area (Å²) in [6.07, 6.45) is 9.36. The number of anilines is 1. The van der Waals surface area contributed by atoms with Gasteiger partial charge in [-0.15, -0.1) is 13.2 Å². The van der Waals surface area contributed by atoms with Gasteiger partial charge in [0.1, 0.15) is 0 Å². The fourth-order valence-corrected chi connectivity index (χ4v) is 8.36. The van der Waals surface area contributed by atoms with Crippen molar-refractivity contribution in [2.75, 3.05) is 5.32 Å². The highest BCUT2D eigenvalue weighted by atomic mass is 15.0. The van der Waals surface area contributed by atoms with Crippen LogP contribution in [0, 0.1) is 5.41 Å². The van der Waals surface area contributed by atoms with Crippen molar-refractivity contribution in [3.63, 3.8) is 0 Å². The molecule has 0 saturated carbocycles. The zero-order valence-electron chi connectivity index (χ0n) is 35.5. The van der Waals surface area contributed by atoms with Crippen molar-refractivity contribution in [3.8, 4) is 27.9 Å². The van der Waals surface area contributed by atoms with Crippen molar-refractivity contribution in [1.29, 1.82) is 5.41 Å². The summed E-state index contributed by atoms with van der Waals surface area (Å²) in [5.74, 6) is 0.656. The molecule has 1 aromatic heterocycles. The minimum Gasteiger partial charge on any atom is -0.378 e. The van der Waals surface area contributed by atoms with E-state index in [1.54, 1.807) is 0 Å². The number of hydrogen-bond donors (Lipinski definition) is 2. The molecule has 1 heterocycles. The van der Waals surface area contributed by atoms with Gasteiger partial charge in [0.15, 0.2) is 11.7 Å². The Morgan fingerprint density at radius 2 is 1.17 bits per heavy atom. The van der Waals surface area contributed by atoms with Crippen molar-refractivity contribution in [2.45, 2.75) is 12.5 Å². The predicted molar refractivity (Wildman–Crippen MR) is 272 cm³/mol. The van der Waals surface area contributed by atoms with E-state index in [0.717, 1.165) is 39.9 Å². The van der Waals surface area contributed by atoms with Crippen LogP contribution in [0.25, 0.3) is 55.3 Å². The first-order chi connectivity index (χ1) is 31.6. The number of nitrogens with zero attached hydrogens (tertiary/aromatic N) is 3. The SMILES string of the molecule is C=C.N=C(N=C(N=Cc1cccc(-c2cccc(NC3C=CC=C(c4cccc(-c5ccc6c(c5)c5ccccc5n6-c5ccccc5)c4)C3)c2)c1)c1ccccc1)c1ccccc1. The minimum absolute atomic E-state index is 0.137. The number of aromatic nitrogens is 1. The van der Waals surface area contributed by atoms with E-state index in [9.17, 15) is 0 Å². The molecule has 1 unspecified atom stereocenters. The second-order valence-electron chi connectivity index (χ2n) is 15.5. The van der Waals surface area contributed by atoms with Gasteiger partial charge in [-0.3, -0.25) is 5.41 Å². The van der Waals surface area contributed by atoms with Gasteiger partial charge in [-0.2, -0.15) is 0 Å². The summed E-state index contributed by atoms with van der Waals surface area (Å²) in [6.45, 7) is 6.00. The third kappa shape index (κ3) is 8.96. The molecule has 1 aliphatic carbocycles. The van der Waals surface area contributed by atoms with E-state index in [1.807, 2.05) is 72.9 Å². The van der Waals surface area contributed by atoms with Gasteiger partial charge in [0.05, 0.1) is 11.0 Å². The van der Waals surface area contributed by atoms with Crippen LogP contribution in [0.5, 0.6) is 0 Å². The lowest BCUT2D eigenvalue weighted by molar-refractivity contribution is 0.897. The summed E-state index contributed by atoms with van der Waals surface area (Å²) >= 11 is 0. The number of fused-ring (bicyclic) bond motifs is 3. The van der Waals surface area contributed by atoms with Gasteiger partial charge < -0.3 is 9.88 Å². The lowest BCUT2D eigenvalue weighted by Gasteiger charge is -2.22. The zero-order chi connectivity index (χ0) is 43.7. The van der Waals surface area contributed by atoms with Crippen LogP contribution in [0.4, 0.5) is 5.69 Å². The highest BCUT2D eigenvalue weighted by Gasteiger charge is 2.16. The maximum Gasteiger partial charge on any atom is 0.161 e. The normalized spacial score (nSPS) is 13.7. The fraction of sp³-hybridized carbons (Fsp3) is 0.0339. The molecule has 64 heavy (non-hydrogen) atoms. The largest absolute Gasteiger partial charge is 0.378 e. The molecule has 0 aliphatic heterocycles. The van der Waals surface area contributed by atoms with Crippen molar-refractivity contribution in [3.05, 3.63) is 260 Å². The number of allylic oxidation sites excluding steroid dienone is 2. The van der Waals surface area contributed by atoms with Crippen LogP contribution in [-0.4, -0.2) is 28.5 Å². The van der Waals surface area contributed by atoms with Gasteiger partial charge in [0.25, 0.3) is 0 Å². The Labute approximate surface area is 375 Å². The lowest BCUT2D eigenvalue weighted by Crippen LogP contribution is -2.19. The van der Waals surface area contributed by atoms with Crippen molar-refractivity contribution >= 4 is 51.0 Å². The number of aliphatic imine (C=N–C) groups is 2. The van der Waals surface area contributed by atoms with Gasteiger partial charge in [-0.1, -0.05) is 170 Å². The average molecular weight is 826 g/mol. The molecule has 10 rings (SSSR count). The van der Waals surface area contributed by atoms with Crippen LogP contribution in [0.3, 0.4) is 0 Å². The first-order valence-electron chi connectivity index (χ1n) is 21.5. The van der Waals surface area contributed by atoms with E-state index in [1.165, 1.54) is 49.8 Å². The predicted octanol–water partition coefficient (Wildman–Crippen LogP) is 14.6. The fourth-order valence-electron chi connectivity index (χ4n) is 8.36. The van der Waals surface area contributed by atoms with Crippen LogP contribution in [-0.2, 0) is 0 Å². The number of para-hydroxylation sites is 2. The molecule has 8 aromatic carbocycles. The summed E-state index contributed by atoms with van der Waals surface area (Å²) in [7, 11) is 0. The number of nitrogens with one attached hydrogen (secondary N) is 2. The molecule has 0 radical (unpaired) electrons. The van der Waals surface area contributed by atoms with E-state index in [-0.39, 0.29) is 11.9 Å². The molecule has 2 N–H and O–H groups in total. The van der Waals surface area contributed by atoms with Crippen LogP contribution in [0.1, 0.15) is 28.7 Å². The Morgan fingerprint density at radius 3 is 1.95 bits per heavy atom. The molecular weight excluding hydrogens is 779 g/mol. The maximum absolute atomic E-state index is 8.64. The van der Waals surface area contributed by atoms with Crippen LogP contribution in [0.15, 0.2) is 248 Å². The third-order valence-corrected chi connectivity index (χ3v) is 11.4. The molecule has 0 amide bonds. The van der Waals surface area contributed by atoms with Gasteiger partial charge in [0.2, 0.25) is 0 Å². The van der Waals surface area contributed by atoms with Gasteiger partial charge in [-0.05, 0) is 100.0 Å². The maximum atomic E-state index is 8.64. The lowest BCUT2D eigenvalue weighted by atomic mass is 9.91. The Balaban J connectivity index is 0.00000256. The highest BCUT2D eigenvalue weighted by Crippen LogP contribution is 2.36. The zero-order valence-corrected chi connectivity index (χ0v) is 35.5. The molecule has 1 aliphatic rings. The highest BCUT2D eigenvalue weighted by molar-refractivity contribution is 6.13. The molecule has 0 fully saturated rings. The van der Waals surface area contributed by atoms with Gasteiger partial charge in [-0.25, -0.2) is 9.98 Å². The number of rotatable bonds is 9. The summed E-state index contributed by atoms with van der Waals surface area (Å²) in [6, 6.07) is 71.6. The van der Waals surface area contributed by atoms with Gasteiger partial charge in [0, 0.05) is 45.5 Å². The Kier molecular flexibility index (Phi) is 12.2. The molecule has 1 atom stereocenters. The van der Waals surface area contributed by atoms with E-state index < -0.39 is 0 Å². The summed E-state index contributed by atoms with van der Waals surface area (Å²) < 4.78 is 2.36. The summed E-state index contributed by atoms with van der Waals surface area (Å²) in [5, 5.41) is 14.9. The smallest absolute Gasteiger partial charge is 0.161 e. The molecule has 0 saturated heterocycles. The second-order valence-corrected chi connectivity index (χ2v) is 15.5. The number of hydrogen-bond acceptors (Lipinski definition) is 2. The first kappa shape index (κ1) is 41.0. The summed E-state index contributed by atoms with van der Waals surface area (Å²) in [5.41, 5.74) is 14.3.